The van der Waals surface area contributed by atoms with Crippen molar-refractivity contribution in [2.45, 2.75) is 6.36 Å². The van der Waals surface area contributed by atoms with Crippen molar-refractivity contribution in [1.29, 1.82) is 0 Å². The fraction of sp³-hybridized carbons (Fsp3) is 0.0556. The number of ether oxygens (including phenoxy) is 1. The second-order valence-electron chi connectivity index (χ2n) is 4.91. The summed E-state index contributed by atoms with van der Waals surface area (Å²) >= 11 is 0. The number of rotatable bonds is 3. The van der Waals surface area contributed by atoms with E-state index in [1.807, 2.05) is 42.5 Å². The lowest BCUT2D eigenvalue weighted by molar-refractivity contribution is -0.274. The second kappa shape index (κ2) is 6.12. The molecule has 2 nitrogen and oxygen atoms in total. The molecule has 3 aromatic carbocycles. The van der Waals surface area contributed by atoms with Gasteiger partial charge in [0.15, 0.2) is 0 Å². The van der Waals surface area contributed by atoms with Gasteiger partial charge in [-0.05, 0) is 46.7 Å². The fourth-order valence-electron chi connectivity index (χ4n) is 2.17. The highest BCUT2D eigenvalue weighted by Gasteiger charge is 2.30. The highest BCUT2D eigenvalue weighted by atomic mass is 19.4. The third kappa shape index (κ3) is 4.10. The SMILES string of the molecule is FC(F)(F)Oc1ccc(N=Cc2ccc3ccccc3c2)cc1. The van der Waals surface area contributed by atoms with Crippen LogP contribution in [0.25, 0.3) is 10.8 Å². The van der Waals surface area contributed by atoms with E-state index in [9.17, 15) is 13.2 Å². The van der Waals surface area contributed by atoms with Gasteiger partial charge in [-0.3, -0.25) is 4.99 Å². The zero-order chi connectivity index (χ0) is 16.3. The van der Waals surface area contributed by atoms with E-state index in [0.29, 0.717) is 5.69 Å². The van der Waals surface area contributed by atoms with E-state index < -0.39 is 6.36 Å². The molecule has 0 saturated carbocycles. The van der Waals surface area contributed by atoms with Crippen LogP contribution in [0.15, 0.2) is 71.7 Å². The molecule has 5 heteroatoms. The first-order chi connectivity index (χ1) is 11.0. The first-order valence-corrected chi connectivity index (χ1v) is 6.88. The lowest BCUT2D eigenvalue weighted by Gasteiger charge is -2.08. The number of alkyl halides is 3. The third-order valence-corrected chi connectivity index (χ3v) is 3.21. The van der Waals surface area contributed by atoms with Crippen molar-refractivity contribution in [3.63, 3.8) is 0 Å². The van der Waals surface area contributed by atoms with Crippen LogP contribution in [0.1, 0.15) is 5.56 Å². The van der Waals surface area contributed by atoms with Crippen molar-refractivity contribution >= 4 is 22.7 Å². The van der Waals surface area contributed by atoms with Crippen molar-refractivity contribution in [1.82, 2.24) is 0 Å². The summed E-state index contributed by atoms with van der Waals surface area (Å²) in [5, 5.41) is 2.24. The van der Waals surface area contributed by atoms with E-state index in [1.165, 1.54) is 24.3 Å². The third-order valence-electron chi connectivity index (χ3n) is 3.21. The van der Waals surface area contributed by atoms with Gasteiger partial charge >= 0.3 is 6.36 Å². The number of hydrogen-bond acceptors (Lipinski definition) is 2. The molecular formula is C18H12F3NO. The Balaban J connectivity index is 1.76. The maximum atomic E-state index is 12.1. The number of aliphatic imine (C=N–C) groups is 1. The van der Waals surface area contributed by atoms with Crippen LogP contribution >= 0.6 is 0 Å². The zero-order valence-corrected chi connectivity index (χ0v) is 11.9. The lowest BCUT2D eigenvalue weighted by Crippen LogP contribution is -2.16. The minimum atomic E-state index is -4.68. The van der Waals surface area contributed by atoms with Gasteiger partial charge in [-0.25, -0.2) is 0 Å². The second-order valence-corrected chi connectivity index (χ2v) is 4.91. The van der Waals surface area contributed by atoms with E-state index in [4.69, 9.17) is 0 Å². The topological polar surface area (TPSA) is 21.6 Å². The summed E-state index contributed by atoms with van der Waals surface area (Å²) in [6, 6.07) is 19.3. The predicted molar refractivity (Wildman–Crippen MR) is 84.3 cm³/mol. The molecular weight excluding hydrogens is 303 g/mol. The largest absolute Gasteiger partial charge is 0.573 e. The summed E-state index contributed by atoms with van der Waals surface area (Å²) in [7, 11) is 0. The highest BCUT2D eigenvalue weighted by molar-refractivity contribution is 5.91. The van der Waals surface area contributed by atoms with Gasteiger partial charge in [0.2, 0.25) is 0 Å². The van der Waals surface area contributed by atoms with E-state index >= 15 is 0 Å². The maximum absolute atomic E-state index is 12.1. The van der Waals surface area contributed by atoms with Crippen LogP contribution in [0.2, 0.25) is 0 Å². The molecule has 0 unspecified atom stereocenters. The smallest absolute Gasteiger partial charge is 0.406 e. The summed E-state index contributed by atoms with van der Waals surface area (Å²) in [5.41, 5.74) is 1.46. The van der Waals surface area contributed by atoms with Crippen LogP contribution in [-0.2, 0) is 0 Å². The standard InChI is InChI=1S/C18H12F3NO/c19-18(20,21)23-17-9-7-16(8-10-17)22-12-13-5-6-14-3-1-2-4-15(14)11-13/h1-12H. The van der Waals surface area contributed by atoms with E-state index in [2.05, 4.69) is 9.73 Å². The Hall–Kier alpha value is -2.82. The minimum Gasteiger partial charge on any atom is -0.406 e. The number of benzene rings is 3. The van der Waals surface area contributed by atoms with Gasteiger partial charge in [0, 0.05) is 6.21 Å². The summed E-state index contributed by atoms with van der Waals surface area (Å²) in [6.45, 7) is 0. The lowest BCUT2D eigenvalue weighted by atomic mass is 10.1. The number of hydrogen-bond donors (Lipinski definition) is 0. The van der Waals surface area contributed by atoms with Crippen molar-refractivity contribution in [3.8, 4) is 5.75 Å². The molecule has 116 valence electrons. The molecule has 3 rings (SSSR count). The molecule has 0 radical (unpaired) electrons. The monoisotopic (exact) mass is 315 g/mol. The highest BCUT2D eigenvalue weighted by Crippen LogP contribution is 2.25. The van der Waals surface area contributed by atoms with Crippen molar-refractivity contribution in [2.75, 3.05) is 0 Å². The van der Waals surface area contributed by atoms with Gasteiger partial charge in [0.25, 0.3) is 0 Å². The summed E-state index contributed by atoms with van der Waals surface area (Å²) < 4.78 is 40.1. The first-order valence-electron chi connectivity index (χ1n) is 6.88. The van der Waals surface area contributed by atoms with Gasteiger partial charge in [0.05, 0.1) is 5.69 Å². The molecule has 0 aliphatic carbocycles. The zero-order valence-electron chi connectivity index (χ0n) is 11.9. The van der Waals surface area contributed by atoms with Gasteiger partial charge in [-0.15, -0.1) is 13.2 Å². The predicted octanol–water partition coefficient (Wildman–Crippen LogP) is 5.49. The number of fused-ring (bicyclic) bond motifs is 1. The van der Waals surface area contributed by atoms with Crippen LogP contribution in [0, 0.1) is 0 Å². The molecule has 0 amide bonds. The van der Waals surface area contributed by atoms with E-state index in [0.717, 1.165) is 16.3 Å². The molecule has 3 aromatic rings. The van der Waals surface area contributed by atoms with Crippen molar-refractivity contribution in [3.05, 3.63) is 72.3 Å². The molecule has 0 heterocycles. The summed E-state index contributed by atoms with van der Waals surface area (Å²) in [5.74, 6) is -0.262. The Labute approximate surface area is 130 Å². The Kier molecular flexibility index (Phi) is 4.02. The van der Waals surface area contributed by atoms with Crippen molar-refractivity contribution in [2.24, 2.45) is 4.99 Å². The Morgan fingerprint density at radius 3 is 2.22 bits per heavy atom. The minimum absolute atomic E-state index is 0.262. The summed E-state index contributed by atoms with van der Waals surface area (Å²) in [6.07, 6.45) is -3.01. The molecule has 0 saturated heterocycles. The fourth-order valence-corrected chi connectivity index (χ4v) is 2.17. The Morgan fingerprint density at radius 1 is 0.826 bits per heavy atom. The molecule has 0 aliphatic heterocycles. The van der Waals surface area contributed by atoms with Gasteiger partial charge in [-0.2, -0.15) is 0 Å². The molecule has 23 heavy (non-hydrogen) atoms. The van der Waals surface area contributed by atoms with E-state index in [1.54, 1.807) is 6.21 Å². The molecule has 0 bridgehead atoms. The van der Waals surface area contributed by atoms with Gasteiger partial charge in [-0.1, -0.05) is 36.4 Å². The average molecular weight is 315 g/mol. The number of halogens is 3. The molecule has 0 aromatic heterocycles. The Morgan fingerprint density at radius 2 is 1.52 bits per heavy atom. The van der Waals surface area contributed by atoms with Crippen LogP contribution in [0.3, 0.4) is 0 Å². The normalized spacial score (nSPS) is 12.0. The van der Waals surface area contributed by atoms with Gasteiger partial charge < -0.3 is 4.74 Å². The maximum Gasteiger partial charge on any atom is 0.573 e. The van der Waals surface area contributed by atoms with Crippen LogP contribution in [-0.4, -0.2) is 12.6 Å². The van der Waals surface area contributed by atoms with Crippen LogP contribution < -0.4 is 4.74 Å². The molecule has 0 N–H and O–H groups in total. The molecule has 0 fully saturated rings. The quantitative estimate of drug-likeness (QED) is 0.586. The summed E-state index contributed by atoms with van der Waals surface area (Å²) in [4.78, 5) is 4.26. The van der Waals surface area contributed by atoms with Crippen LogP contribution in [0.5, 0.6) is 5.75 Å². The first kappa shape index (κ1) is 15.1. The number of nitrogens with zero attached hydrogens (tertiary/aromatic N) is 1. The van der Waals surface area contributed by atoms with Gasteiger partial charge in [0.1, 0.15) is 5.75 Å². The van der Waals surface area contributed by atoms with Crippen molar-refractivity contribution < 1.29 is 17.9 Å². The van der Waals surface area contributed by atoms with Crippen LogP contribution in [0.4, 0.5) is 18.9 Å². The molecule has 0 aliphatic rings. The van der Waals surface area contributed by atoms with E-state index in [-0.39, 0.29) is 5.75 Å². The Bertz CT molecular complexity index is 839. The molecule has 0 spiro atoms. The average Bonchev–Trinajstić information content (AvgIpc) is 2.52. The molecule has 0 atom stereocenters.